The minimum Gasteiger partial charge on any atom is -0.494 e. The van der Waals surface area contributed by atoms with Crippen LogP contribution in [0, 0.1) is 0 Å². The Morgan fingerprint density at radius 1 is 1.50 bits per heavy atom. The van der Waals surface area contributed by atoms with Gasteiger partial charge in [-0.15, -0.1) is 0 Å². The van der Waals surface area contributed by atoms with E-state index in [-0.39, 0.29) is 10.6 Å². The number of rotatable bonds is 4. The molecule has 0 spiro atoms. The van der Waals surface area contributed by atoms with E-state index < -0.39 is 15.6 Å². The highest BCUT2D eigenvalue weighted by Crippen LogP contribution is 2.36. The normalized spacial score (nSPS) is 23.0. The summed E-state index contributed by atoms with van der Waals surface area (Å²) in [6.07, 6.45) is 0.732. The van der Waals surface area contributed by atoms with Gasteiger partial charge in [0.2, 0.25) is 10.0 Å². The van der Waals surface area contributed by atoms with Gasteiger partial charge in [-0.1, -0.05) is 11.6 Å². The van der Waals surface area contributed by atoms with Crippen LogP contribution >= 0.6 is 27.5 Å². The SMILES string of the molecule is COc1c(Br)cc(Cl)cc1S(=O)(=O)NC1(C)CCNC1. The lowest BCUT2D eigenvalue weighted by molar-refractivity contribution is 0.397. The van der Waals surface area contributed by atoms with Crippen LogP contribution in [0.15, 0.2) is 21.5 Å². The second-order valence-electron chi connectivity index (χ2n) is 5.01. The molecule has 2 rings (SSSR count). The van der Waals surface area contributed by atoms with Crippen molar-refractivity contribution in [2.75, 3.05) is 20.2 Å². The lowest BCUT2D eigenvalue weighted by atomic mass is 10.0. The van der Waals surface area contributed by atoms with Gasteiger partial charge in [0.05, 0.1) is 11.6 Å². The van der Waals surface area contributed by atoms with Gasteiger partial charge in [-0.3, -0.25) is 0 Å². The summed E-state index contributed by atoms with van der Waals surface area (Å²) in [6, 6.07) is 2.98. The second kappa shape index (κ2) is 5.81. The Morgan fingerprint density at radius 2 is 2.20 bits per heavy atom. The molecule has 0 aromatic heterocycles. The zero-order chi connectivity index (χ0) is 15.0. The standard InChI is InChI=1S/C12H16BrClN2O3S/c1-12(3-4-15-7-12)16-20(17,18)10-6-8(14)5-9(13)11(10)19-2/h5-6,15-16H,3-4,7H2,1-2H3. The first-order chi connectivity index (χ1) is 9.27. The predicted octanol–water partition coefficient (Wildman–Crippen LogP) is 2.14. The van der Waals surface area contributed by atoms with Gasteiger partial charge >= 0.3 is 0 Å². The predicted molar refractivity (Wildman–Crippen MR) is 81.9 cm³/mol. The summed E-state index contributed by atoms with van der Waals surface area (Å²) in [7, 11) is -2.30. The summed E-state index contributed by atoms with van der Waals surface area (Å²) < 4.78 is 33.6. The first kappa shape index (κ1) is 16.0. The monoisotopic (exact) mass is 382 g/mol. The van der Waals surface area contributed by atoms with Crippen LogP contribution in [0.2, 0.25) is 5.02 Å². The third kappa shape index (κ3) is 3.28. The Morgan fingerprint density at radius 3 is 2.75 bits per heavy atom. The smallest absolute Gasteiger partial charge is 0.244 e. The molecule has 1 aliphatic heterocycles. The molecule has 0 saturated carbocycles. The minimum absolute atomic E-state index is 0.0347. The molecule has 0 aliphatic carbocycles. The van der Waals surface area contributed by atoms with Crippen LogP contribution in [-0.2, 0) is 10.0 Å². The number of benzene rings is 1. The highest BCUT2D eigenvalue weighted by Gasteiger charge is 2.35. The first-order valence-corrected chi connectivity index (χ1v) is 8.70. The van der Waals surface area contributed by atoms with Crippen molar-refractivity contribution < 1.29 is 13.2 Å². The van der Waals surface area contributed by atoms with Crippen molar-refractivity contribution in [1.29, 1.82) is 0 Å². The Hall–Kier alpha value is -0.340. The van der Waals surface area contributed by atoms with E-state index >= 15 is 0 Å². The summed E-state index contributed by atoms with van der Waals surface area (Å²) in [6.45, 7) is 3.25. The molecule has 1 unspecified atom stereocenters. The molecule has 1 atom stereocenters. The number of methoxy groups -OCH3 is 1. The number of hydrogen-bond acceptors (Lipinski definition) is 4. The Kier molecular flexibility index (Phi) is 4.66. The molecule has 1 aromatic rings. The van der Waals surface area contributed by atoms with Crippen LogP contribution in [-0.4, -0.2) is 34.2 Å². The number of sulfonamides is 1. The molecule has 20 heavy (non-hydrogen) atoms. The minimum atomic E-state index is -3.72. The molecule has 112 valence electrons. The van der Waals surface area contributed by atoms with E-state index in [2.05, 4.69) is 26.0 Å². The summed E-state index contributed by atoms with van der Waals surface area (Å²) in [4.78, 5) is 0.0347. The van der Waals surface area contributed by atoms with Crippen molar-refractivity contribution in [3.05, 3.63) is 21.6 Å². The Bertz CT molecular complexity index is 615. The van der Waals surface area contributed by atoms with Crippen molar-refractivity contribution in [3.8, 4) is 5.75 Å². The third-order valence-electron chi connectivity index (χ3n) is 3.22. The van der Waals surface area contributed by atoms with Gasteiger partial charge in [0, 0.05) is 17.1 Å². The summed E-state index contributed by atoms with van der Waals surface area (Å²) in [5.41, 5.74) is -0.501. The molecule has 0 bridgehead atoms. The molecular formula is C12H16BrClN2O3S. The molecule has 1 saturated heterocycles. The van der Waals surface area contributed by atoms with Crippen LogP contribution < -0.4 is 14.8 Å². The fraction of sp³-hybridized carbons (Fsp3) is 0.500. The van der Waals surface area contributed by atoms with E-state index in [1.54, 1.807) is 6.07 Å². The van der Waals surface area contributed by atoms with Gasteiger partial charge in [-0.05, 0) is 48.0 Å². The fourth-order valence-electron chi connectivity index (χ4n) is 2.22. The van der Waals surface area contributed by atoms with Gasteiger partial charge < -0.3 is 10.1 Å². The second-order valence-corrected chi connectivity index (χ2v) is 7.95. The molecule has 1 aliphatic rings. The molecule has 0 amide bonds. The quantitative estimate of drug-likeness (QED) is 0.836. The number of hydrogen-bond donors (Lipinski definition) is 2. The van der Waals surface area contributed by atoms with E-state index in [4.69, 9.17) is 16.3 Å². The van der Waals surface area contributed by atoms with Crippen LogP contribution in [0.1, 0.15) is 13.3 Å². The van der Waals surface area contributed by atoms with Gasteiger partial charge in [-0.25, -0.2) is 13.1 Å². The first-order valence-electron chi connectivity index (χ1n) is 6.05. The lowest BCUT2D eigenvalue weighted by Gasteiger charge is -2.25. The van der Waals surface area contributed by atoms with Crippen molar-refractivity contribution in [3.63, 3.8) is 0 Å². The van der Waals surface area contributed by atoms with E-state index in [0.717, 1.165) is 13.0 Å². The highest BCUT2D eigenvalue weighted by molar-refractivity contribution is 9.10. The number of halogens is 2. The highest BCUT2D eigenvalue weighted by atomic mass is 79.9. The van der Waals surface area contributed by atoms with Crippen molar-refractivity contribution in [1.82, 2.24) is 10.0 Å². The number of nitrogens with one attached hydrogen (secondary N) is 2. The molecule has 1 heterocycles. The van der Waals surface area contributed by atoms with E-state index in [1.165, 1.54) is 13.2 Å². The van der Waals surface area contributed by atoms with Crippen molar-refractivity contribution in [2.45, 2.75) is 23.8 Å². The Labute approximate surface area is 132 Å². The molecule has 0 radical (unpaired) electrons. The van der Waals surface area contributed by atoms with E-state index in [0.29, 0.717) is 16.0 Å². The number of ether oxygens (including phenoxy) is 1. The summed E-state index contributed by atoms with van der Waals surface area (Å²) in [5.74, 6) is 0.247. The van der Waals surface area contributed by atoms with Crippen LogP contribution in [0.5, 0.6) is 5.75 Å². The molecule has 5 nitrogen and oxygen atoms in total. The molecule has 1 aromatic carbocycles. The maximum atomic E-state index is 12.6. The van der Waals surface area contributed by atoms with Gasteiger partial charge in [0.15, 0.2) is 5.75 Å². The van der Waals surface area contributed by atoms with Crippen LogP contribution in [0.4, 0.5) is 0 Å². The topological polar surface area (TPSA) is 67.4 Å². The average molecular weight is 384 g/mol. The maximum absolute atomic E-state index is 12.6. The van der Waals surface area contributed by atoms with E-state index in [9.17, 15) is 8.42 Å². The van der Waals surface area contributed by atoms with Crippen molar-refractivity contribution in [2.24, 2.45) is 0 Å². The summed E-state index contributed by atoms with van der Waals surface area (Å²) >= 11 is 9.21. The Balaban J connectivity index is 2.44. The van der Waals surface area contributed by atoms with Gasteiger partial charge in [0.1, 0.15) is 4.90 Å². The van der Waals surface area contributed by atoms with Gasteiger partial charge in [0.25, 0.3) is 0 Å². The van der Waals surface area contributed by atoms with Crippen LogP contribution in [0.3, 0.4) is 0 Å². The lowest BCUT2D eigenvalue weighted by Crippen LogP contribution is -2.47. The maximum Gasteiger partial charge on any atom is 0.244 e. The largest absolute Gasteiger partial charge is 0.494 e. The molecular weight excluding hydrogens is 368 g/mol. The molecule has 1 fully saturated rings. The van der Waals surface area contributed by atoms with Crippen molar-refractivity contribution >= 4 is 37.6 Å². The fourth-order valence-corrected chi connectivity index (χ4v) is 5.04. The zero-order valence-electron chi connectivity index (χ0n) is 11.2. The molecule has 8 heteroatoms. The zero-order valence-corrected chi connectivity index (χ0v) is 14.3. The van der Waals surface area contributed by atoms with E-state index in [1.807, 2.05) is 6.92 Å². The van der Waals surface area contributed by atoms with Crippen LogP contribution in [0.25, 0.3) is 0 Å². The third-order valence-corrected chi connectivity index (χ3v) is 5.67. The molecule has 2 N–H and O–H groups in total. The summed E-state index contributed by atoms with van der Waals surface area (Å²) in [5, 5.41) is 3.47. The van der Waals surface area contributed by atoms with Gasteiger partial charge in [-0.2, -0.15) is 0 Å². The average Bonchev–Trinajstić information content (AvgIpc) is 2.73.